The predicted molar refractivity (Wildman–Crippen MR) is 86.5 cm³/mol. The number of esters is 1. The molecule has 0 saturated carbocycles. The normalized spacial score (nSPS) is 18.1. The smallest absolute Gasteiger partial charge is 0.307 e. The fourth-order valence-electron chi connectivity index (χ4n) is 2.70. The first-order valence-corrected chi connectivity index (χ1v) is 8.38. The molecule has 1 aliphatic rings. The zero-order chi connectivity index (χ0) is 15.5. The third-order valence-corrected chi connectivity index (χ3v) is 4.96. The number of para-hydroxylation sites is 1. The first kappa shape index (κ1) is 15.0. The molecule has 0 bridgehead atoms. The molecule has 1 saturated heterocycles. The van der Waals surface area contributed by atoms with Gasteiger partial charge in [-0.25, -0.2) is 0 Å². The molecule has 2 aromatic rings. The maximum atomic E-state index is 12.1. The Bertz CT molecular complexity index is 698. The minimum atomic E-state index is -0.259. The van der Waals surface area contributed by atoms with E-state index in [1.54, 1.807) is 23.6 Å². The summed E-state index contributed by atoms with van der Waals surface area (Å²) in [5.74, 6) is 0.266. The van der Waals surface area contributed by atoms with E-state index in [-0.39, 0.29) is 23.7 Å². The van der Waals surface area contributed by atoms with Crippen LogP contribution >= 0.6 is 11.8 Å². The lowest BCUT2D eigenvalue weighted by Gasteiger charge is -2.23. The summed E-state index contributed by atoms with van der Waals surface area (Å²) in [6, 6.07) is 8.04. The number of benzene rings is 1. The molecule has 1 unspecified atom stereocenters. The number of amides is 1. The van der Waals surface area contributed by atoms with Crippen LogP contribution in [0.5, 0.6) is 0 Å². The van der Waals surface area contributed by atoms with Gasteiger partial charge in [0.2, 0.25) is 5.91 Å². The number of carbonyl (C=O) groups excluding carboxylic acids is 2. The molecule has 1 amide bonds. The molecule has 6 heteroatoms. The summed E-state index contributed by atoms with van der Waals surface area (Å²) in [5, 5.41) is 1.08. The number of H-pyrrole nitrogens is 1. The van der Waals surface area contributed by atoms with E-state index in [0.29, 0.717) is 18.9 Å². The van der Waals surface area contributed by atoms with Gasteiger partial charge in [0.15, 0.2) is 0 Å². The van der Waals surface area contributed by atoms with Crippen molar-refractivity contribution in [1.29, 1.82) is 0 Å². The van der Waals surface area contributed by atoms with Gasteiger partial charge in [-0.2, -0.15) is 0 Å². The molecule has 1 aliphatic heterocycles. The number of hydrogen-bond acceptors (Lipinski definition) is 4. The molecule has 1 fully saturated rings. The molecule has 0 spiro atoms. The predicted octanol–water partition coefficient (Wildman–Crippen LogP) is 2.70. The van der Waals surface area contributed by atoms with Crippen molar-refractivity contribution >= 4 is 34.5 Å². The van der Waals surface area contributed by atoms with Gasteiger partial charge < -0.3 is 14.6 Å². The topological polar surface area (TPSA) is 62.4 Å². The van der Waals surface area contributed by atoms with E-state index in [4.69, 9.17) is 4.74 Å². The van der Waals surface area contributed by atoms with Gasteiger partial charge in [-0.15, -0.1) is 11.8 Å². The largest absolute Gasteiger partial charge is 0.466 e. The molecule has 1 N–H and O–H groups in total. The molecular formula is C16H18N2O3S. The molecule has 5 nitrogen and oxygen atoms in total. The van der Waals surface area contributed by atoms with Gasteiger partial charge in [0, 0.05) is 29.2 Å². The highest BCUT2D eigenvalue weighted by atomic mass is 32.2. The van der Waals surface area contributed by atoms with Crippen molar-refractivity contribution < 1.29 is 14.3 Å². The first-order chi connectivity index (χ1) is 10.7. The van der Waals surface area contributed by atoms with Crippen molar-refractivity contribution in [2.45, 2.75) is 18.7 Å². The summed E-state index contributed by atoms with van der Waals surface area (Å²) in [5.41, 5.74) is 2.15. The minimum absolute atomic E-state index is 0.0434. The Morgan fingerprint density at radius 3 is 3.09 bits per heavy atom. The lowest BCUT2D eigenvalue weighted by atomic mass is 10.1. The van der Waals surface area contributed by atoms with Crippen LogP contribution in [0.25, 0.3) is 10.9 Å². The highest BCUT2D eigenvalue weighted by molar-refractivity contribution is 8.00. The van der Waals surface area contributed by atoms with Crippen LogP contribution in [0.15, 0.2) is 30.5 Å². The number of aromatic nitrogens is 1. The van der Waals surface area contributed by atoms with Crippen LogP contribution in [0.2, 0.25) is 0 Å². The van der Waals surface area contributed by atoms with Crippen molar-refractivity contribution in [2.75, 3.05) is 18.9 Å². The molecule has 22 heavy (non-hydrogen) atoms. The Morgan fingerprint density at radius 1 is 1.45 bits per heavy atom. The third kappa shape index (κ3) is 2.83. The van der Waals surface area contributed by atoms with Crippen LogP contribution in [-0.2, 0) is 14.3 Å². The van der Waals surface area contributed by atoms with Crippen molar-refractivity contribution in [2.24, 2.45) is 0 Å². The SMILES string of the molecule is CCOC(=O)CCN1C(=O)CSC1c1c[nH]c2ccccc12. The van der Waals surface area contributed by atoms with Crippen LogP contribution in [0.1, 0.15) is 24.3 Å². The summed E-state index contributed by atoms with van der Waals surface area (Å²) >= 11 is 1.60. The fourth-order valence-corrected chi connectivity index (χ4v) is 3.94. The van der Waals surface area contributed by atoms with E-state index in [9.17, 15) is 9.59 Å². The minimum Gasteiger partial charge on any atom is -0.466 e. The van der Waals surface area contributed by atoms with Crippen LogP contribution < -0.4 is 0 Å². The Labute approximate surface area is 133 Å². The van der Waals surface area contributed by atoms with Crippen molar-refractivity contribution in [3.63, 3.8) is 0 Å². The average molecular weight is 318 g/mol. The molecule has 2 heterocycles. The van der Waals surface area contributed by atoms with Gasteiger partial charge in [-0.05, 0) is 13.0 Å². The average Bonchev–Trinajstić information content (AvgIpc) is 3.09. The second-order valence-electron chi connectivity index (χ2n) is 5.10. The zero-order valence-electron chi connectivity index (χ0n) is 12.4. The number of nitrogens with one attached hydrogen (secondary N) is 1. The molecule has 1 aromatic heterocycles. The molecule has 1 atom stereocenters. The van der Waals surface area contributed by atoms with Gasteiger partial charge in [-0.1, -0.05) is 18.2 Å². The van der Waals surface area contributed by atoms with Crippen LogP contribution in [0, 0.1) is 0 Å². The number of carbonyl (C=O) groups is 2. The van der Waals surface area contributed by atoms with Crippen molar-refractivity contribution in [3.8, 4) is 0 Å². The maximum Gasteiger partial charge on any atom is 0.307 e. The van der Waals surface area contributed by atoms with Gasteiger partial charge >= 0.3 is 5.97 Å². The second-order valence-corrected chi connectivity index (χ2v) is 6.16. The quantitative estimate of drug-likeness (QED) is 0.861. The molecule has 0 aliphatic carbocycles. The van der Waals surface area contributed by atoms with Gasteiger partial charge in [-0.3, -0.25) is 9.59 Å². The third-order valence-electron chi connectivity index (χ3n) is 3.72. The highest BCUT2D eigenvalue weighted by Gasteiger charge is 2.34. The molecule has 0 radical (unpaired) electrons. The van der Waals surface area contributed by atoms with Crippen LogP contribution in [0.4, 0.5) is 0 Å². The lowest BCUT2D eigenvalue weighted by Crippen LogP contribution is -2.30. The number of aromatic amines is 1. The number of rotatable bonds is 5. The van der Waals surface area contributed by atoms with Crippen molar-refractivity contribution in [1.82, 2.24) is 9.88 Å². The van der Waals surface area contributed by atoms with Crippen LogP contribution in [0.3, 0.4) is 0 Å². The van der Waals surface area contributed by atoms with Gasteiger partial charge in [0.05, 0.1) is 18.8 Å². The summed E-state index contributed by atoms with van der Waals surface area (Å²) < 4.78 is 4.94. The highest BCUT2D eigenvalue weighted by Crippen LogP contribution is 2.41. The molecule has 1 aromatic carbocycles. The molecule has 116 valence electrons. The maximum absolute atomic E-state index is 12.1. The lowest BCUT2D eigenvalue weighted by molar-refractivity contribution is -0.143. The van der Waals surface area contributed by atoms with E-state index >= 15 is 0 Å². The Balaban J connectivity index is 1.80. The van der Waals surface area contributed by atoms with Crippen molar-refractivity contribution in [3.05, 3.63) is 36.0 Å². The van der Waals surface area contributed by atoms with E-state index in [1.807, 2.05) is 30.5 Å². The molecule has 3 rings (SSSR count). The number of thioether (sulfide) groups is 1. The Kier molecular flexibility index (Phi) is 4.38. The van der Waals surface area contributed by atoms with Gasteiger partial charge in [0.25, 0.3) is 0 Å². The van der Waals surface area contributed by atoms with Gasteiger partial charge in [0.1, 0.15) is 5.37 Å². The van der Waals surface area contributed by atoms with E-state index in [2.05, 4.69) is 4.98 Å². The fraction of sp³-hybridized carbons (Fsp3) is 0.375. The number of fused-ring (bicyclic) bond motifs is 1. The summed E-state index contributed by atoms with van der Waals surface area (Å²) in [6.07, 6.45) is 2.19. The first-order valence-electron chi connectivity index (χ1n) is 7.33. The van der Waals surface area contributed by atoms with E-state index < -0.39 is 0 Å². The van der Waals surface area contributed by atoms with E-state index in [1.165, 1.54) is 0 Å². The standard InChI is InChI=1S/C16H18N2O3S/c1-2-21-15(20)7-8-18-14(19)10-22-16(18)12-9-17-13-6-4-3-5-11(12)13/h3-6,9,16-17H,2,7-8,10H2,1H3. The Morgan fingerprint density at radius 2 is 2.27 bits per heavy atom. The number of hydrogen-bond donors (Lipinski definition) is 1. The zero-order valence-corrected chi connectivity index (χ0v) is 13.2. The number of nitrogens with zero attached hydrogens (tertiary/aromatic N) is 1. The Hall–Kier alpha value is -1.95. The second kappa shape index (κ2) is 6.44. The summed E-state index contributed by atoms with van der Waals surface area (Å²) in [4.78, 5) is 28.7. The number of ether oxygens (including phenoxy) is 1. The summed E-state index contributed by atoms with van der Waals surface area (Å²) in [7, 11) is 0. The molecular weight excluding hydrogens is 300 g/mol. The monoisotopic (exact) mass is 318 g/mol. The van der Waals surface area contributed by atoms with Crippen LogP contribution in [-0.4, -0.2) is 40.7 Å². The van der Waals surface area contributed by atoms with E-state index in [0.717, 1.165) is 16.5 Å². The summed E-state index contributed by atoms with van der Waals surface area (Å²) in [6.45, 7) is 2.55.